The Morgan fingerprint density at radius 2 is 1.77 bits per heavy atom. The zero-order valence-electron chi connectivity index (χ0n) is 12.6. The summed E-state index contributed by atoms with van der Waals surface area (Å²) < 4.78 is 15.2. The Hall–Kier alpha value is 0.130. The Bertz CT molecular complexity index is 463. The molecule has 3 rings (SSSR count). The molecule has 22 heavy (non-hydrogen) atoms. The zero-order valence-corrected chi connectivity index (χ0v) is 15.8. The summed E-state index contributed by atoms with van der Waals surface area (Å²) >= 11 is 3.34. The minimum Gasteiger partial charge on any atom is -0.314 e. The fourth-order valence-corrected chi connectivity index (χ4v) is 4.11. The lowest BCUT2D eigenvalue weighted by molar-refractivity contribution is 0.122. The van der Waals surface area contributed by atoms with Gasteiger partial charge in [0.15, 0.2) is 0 Å². The Morgan fingerprint density at radius 3 is 2.41 bits per heavy atom. The van der Waals surface area contributed by atoms with Crippen molar-refractivity contribution in [3.05, 3.63) is 34.1 Å². The number of benzene rings is 1. The van der Waals surface area contributed by atoms with E-state index in [1.807, 2.05) is 12.1 Å². The maximum atomic E-state index is 14.6. The molecule has 126 valence electrons. The first kappa shape index (κ1) is 20.2. The van der Waals surface area contributed by atoms with Crippen molar-refractivity contribution >= 4 is 40.7 Å². The maximum absolute atomic E-state index is 14.6. The molecule has 0 radical (unpaired) electrons. The minimum absolute atomic E-state index is 0. The van der Waals surface area contributed by atoms with Crippen LogP contribution in [0.1, 0.15) is 37.3 Å². The fraction of sp³-hybridized carbons (Fsp3) is 0.625. The van der Waals surface area contributed by atoms with Gasteiger partial charge < -0.3 is 5.32 Å². The van der Waals surface area contributed by atoms with Gasteiger partial charge in [0.1, 0.15) is 5.82 Å². The highest BCUT2D eigenvalue weighted by Gasteiger charge is 2.33. The lowest BCUT2D eigenvalue weighted by atomic mass is 9.89. The molecule has 1 N–H and O–H groups in total. The van der Waals surface area contributed by atoms with E-state index in [0.29, 0.717) is 10.4 Å². The van der Waals surface area contributed by atoms with E-state index in [-0.39, 0.29) is 36.7 Å². The van der Waals surface area contributed by atoms with Crippen molar-refractivity contribution in [1.82, 2.24) is 10.2 Å². The largest absolute Gasteiger partial charge is 0.314 e. The number of nitrogens with zero attached hydrogens (tertiary/aromatic N) is 1. The number of hydrogen-bond acceptors (Lipinski definition) is 2. The van der Waals surface area contributed by atoms with E-state index in [1.54, 1.807) is 6.07 Å². The van der Waals surface area contributed by atoms with Crippen LogP contribution in [0.5, 0.6) is 0 Å². The summed E-state index contributed by atoms with van der Waals surface area (Å²) in [7, 11) is 0. The third-order valence-electron chi connectivity index (χ3n) is 4.69. The molecule has 0 spiro atoms. The lowest BCUT2D eigenvalue weighted by Gasteiger charge is -2.38. The van der Waals surface area contributed by atoms with Crippen molar-refractivity contribution in [3.63, 3.8) is 0 Å². The second kappa shape index (κ2) is 9.43. The lowest BCUT2D eigenvalue weighted by Crippen LogP contribution is -2.46. The normalized spacial score (nSPS) is 21.0. The van der Waals surface area contributed by atoms with Gasteiger partial charge in [-0.15, -0.1) is 24.8 Å². The number of halogens is 4. The fourth-order valence-electron chi connectivity index (χ4n) is 3.73. The van der Waals surface area contributed by atoms with Gasteiger partial charge >= 0.3 is 0 Å². The number of nitrogens with one attached hydrogen (secondary N) is 1. The highest BCUT2D eigenvalue weighted by Crippen LogP contribution is 2.41. The van der Waals surface area contributed by atoms with Crippen LogP contribution in [0.15, 0.2) is 22.7 Å². The molecule has 1 saturated carbocycles. The molecule has 1 aromatic carbocycles. The first-order chi connectivity index (χ1) is 9.77. The Morgan fingerprint density at radius 1 is 1.14 bits per heavy atom. The number of hydrogen-bond donors (Lipinski definition) is 1. The average molecular weight is 414 g/mol. The van der Waals surface area contributed by atoms with Crippen molar-refractivity contribution in [3.8, 4) is 0 Å². The smallest absolute Gasteiger partial charge is 0.142 e. The van der Waals surface area contributed by atoms with Crippen LogP contribution in [0, 0.1) is 11.7 Å². The van der Waals surface area contributed by atoms with Crippen LogP contribution in [0.4, 0.5) is 4.39 Å². The van der Waals surface area contributed by atoms with Crippen LogP contribution in [0.2, 0.25) is 0 Å². The van der Waals surface area contributed by atoms with E-state index < -0.39 is 0 Å². The quantitative estimate of drug-likeness (QED) is 0.780. The van der Waals surface area contributed by atoms with E-state index in [2.05, 4.69) is 26.1 Å². The third-order valence-corrected chi connectivity index (χ3v) is 5.30. The Kier molecular flexibility index (Phi) is 8.65. The van der Waals surface area contributed by atoms with Gasteiger partial charge in [0.05, 0.1) is 4.47 Å². The maximum Gasteiger partial charge on any atom is 0.142 e. The molecule has 1 aliphatic carbocycles. The van der Waals surface area contributed by atoms with Crippen molar-refractivity contribution in [1.29, 1.82) is 0 Å². The molecule has 0 aromatic heterocycles. The summed E-state index contributed by atoms with van der Waals surface area (Å²) in [6.45, 7) is 4.07. The Labute approximate surface area is 153 Å². The monoisotopic (exact) mass is 412 g/mol. The highest BCUT2D eigenvalue weighted by atomic mass is 79.9. The van der Waals surface area contributed by atoms with Gasteiger partial charge in [-0.2, -0.15) is 0 Å². The molecule has 1 aromatic rings. The van der Waals surface area contributed by atoms with E-state index in [1.165, 1.54) is 25.7 Å². The molecule has 6 heteroatoms. The van der Waals surface area contributed by atoms with Crippen molar-refractivity contribution < 1.29 is 4.39 Å². The van der Waals surface area contributed by atoms with Crippen LogP contribution in [0.25, 0.3) is 0 Å². The van der Waals surface area contributed by atoms with Crippen LogP contribution in [-0.4, -0.2) is 31.1 Å². The SMILES string of the molecule is Cl.Cl.Fc1c(Br)cccc1[C@H](C1CCCC1)N1CCNCC1. The van der Waals surface area contributed by atoms with E-state index in [4.69, 9.17) is 0 Å². The molecule has 1 saturated heterocycles. The van der Waals surface area contributed by atoms with E-state index in [9.17, 15) is 4.39 Å². The Balaban J connectivity index is 0.00000121. The number of rotatable bonds is 3. The third kappa shape index (κ3) is 4.35. The first-order valence-corrected chi connectivity index (χ1v) is 8.45. The molecule has 1 heterocycles. The molecule has 2 fully saturated rings. The van der Waals surface area contributed by atoms with Crippen LogP contribution < -0.4 is 5.32 Å². The van der Waals surface area contributed by atoms with Crippen molar-refractivity contribution in [2.75, 3.05) is 26.2 Å². The summed E-state index contributed by atoms with van der Waals surface area (Å²) in [6.07, 6.45) is 5.06. The molecule has 0 unspecified atom stereocenters. The van der Waals surface area contributed by atoms with Gasteiger partial charge in [-0.25, -0.2) is 4.39 Å². The summed E-state index contributed by atoms with van der Waals surface area (Å²) in [5.74, 6) is 0.542. The van der Waals surface area contributed by atoms with E-state index in [0.717, 1.165) is 31.7 Å². The van der Waals surface area contributed by atoms with Crippen LogP contribution in [0.3, 0.4) is 0 Å². The number of piperazine rings is 1. The molecular weight excluding hydrogens is 390 g/mol. The van der Waals surface area contributed by atoms with Crippen LogP contribution >= 0.6 is 40.7 Å². The zero-order chi connectivity index (χ0) is 13.9. The van der Waals surface area contributed by atoms with Gasteiger partial charge in [0, 0.05) is 37.8 Å². The van der Waals surface area contributed by atoms with Gasteiger partial charge in [-0.3, -0.25) is 4.90 Å². The topological polar surface area (TPSA) is 15.3 Å². The predicted octanol–water partition coefficient (Wildman–Crippen LogP) is 4.57. The molecular formula is C16H24BrCl2FN2. The molecule has 1 aliphatic heterocycles. The molecule has 2 aliphatic rings. The molecule has 1 atom stereocenters. The summed E-state index contributed by atoms with van der Waals surface area (Å²) in [5, 5.41) is 3.39. The van der Waals surface area contributed by atoms with Gasteiger partial charge in [0.2, 0.25) is 0 Å². The first-order valence-electron chi connectivity index (χ1n) is 7.66. The minimum atomic E-state index is -0.0667. The predicted molar refractivity (Wildman–Crippen MR) is 97.7 cm³/mol. The molecule has 2 nitrogen and oxygen atoms in total. The highest BCUT2D eigenvalue weighted by molar-refractivity contribution is 9.10. The summed E-state index contributed by atoms with van der Waals surface area (Å²) in [5.41, 5.74) is 0.883. The van der Waals surface area contributed by atoms with Gasteiger partial charge in [0.25, 0.3) is 0 Å². The molecule has 0 amide bonds. The average Bonchev–Trinajstić information content (AvgIpc) is 2.99. The summed E-state index contributed by atoms with van der Waals surface area (Å²) in [4.78, 5) is 2.48. The second-order valence-electron chi connectivity index (χ2n) is 5.92. The summed E-state index contributed by atoms with van der Waals surface area (Å²) in [6, 6.07) is 5.98. The molecule has 0 bridgehead atoms. The van der Waals surface area contributed by atoms with Crippen molar-refractivity contribution in [2.45, 2.75) is 31.7 Å². The van der Waals surface area contributed by atoms with Crippen LogP contribution in [-0.2, 0) is 0 Å². The van der Waals surface area contributed by atoms with Gasteiger partial charge in [-0.1, -0.05) is 25.0 Å². The standard InChI is InChI=1S/C16H22BrFN2.2ClH/c17-14-7-3-6-13(15(14)18)16(12-4-1-2-5-12)20-10-8-19-9-11-20;;/h3,6-7,12,16,19H,1-2,4-5,8-11H2;2*1H/t16-;;/m0../s1. The van der Waals surface area contributed by atoms with Gasteiger partial charge in [-0.05, 0) is 40.8 Å². The van der Waals surface area contributed by atoms with E-state index >= 15 is 0 Å². The van der Waals surface area contributed by atoms with Crippen molar-refractivity contribution in [2.24, 2.45) is 5.92 Å². The second-order valence-corrected chi connectivity index (χ2v) is 6.77.